The molecule has 0 saturated carbocycles. The van der Waals surface area contributed by atoms with Crippen molar-refractivity contribution in [2.75, 3.05) is 14.1 Å². The summed E-state index contributed by atoms with van der Waals surface area (Å²) in [7, 11) is 3.91. The number of aryl methyl sites for hydroxylation is 2. The molecule has 1 heterocycles. The van der Waals surface area contributed by atoms with Crippen LogP contribution in [0.4, 0.5) is 5.69 Å². The summed E-state index contributed by atoms with van der Waals surface area (Å²) in [5.41, 5.74) is 4.06. The minimum atomic E-state index is 0.827. The molecule has 0 aliphatic rings. The van der Waals surface area contributed by atoms with Gasteiger partial charge in [-0.05, 0) is 49.2 Å². The van der Waals surface area contributed by atoms with Gasteiger partial charge in [-0.1, -0.05) is 12.1 Å². The number of rotatable bonds is 4. The van der Waals surface area contributed by atoms with Crippen LogP contribution >= 0.6 is 11.5 Å². The molecule has 118 valence electrons. The van der Waals surface area contributed by atoms with Crippen molar-refractivity contribution in [2.24, 2.45) is 4.99 Å². The zero-order valence-electron chi connectivity index (χ0n) is 13.7. The zero-order chi connectivity index (χ0) is 16.4. The van der Waals surface area contributed by atoms with Gasteiger partial charge in [0.05, 0.1) is 22.9 Å². The molecule has 0 aliphatic heterocycles. The van der Waals surface area contributed by atoms with Crippen LogP contribution < -0.4 is 4.74 Å². The van der Waals surface area contributed by atoms with Crippen molar-refractivity contribution in [2.45, 2.75) is 13.8 Å². The molecule has 0 unspecified atom stereocenters. The second kappa shape index (κ2) is 6.38. The third kappa shape index (κ3) is 3.35. The van der Waals surface area contributed by atoms with Crippen molar-refractivity contribution in [1.29, 1.82) is 0 Å². The minimum absolute atomic E-state index is 0.827. The van der Waals surface area contributed by atoms with Crippen molar-refractivity contribution in [3.63, 3.8) is 0 Å². The predicted octanol–water partition coefficient (Wildman–Crippen LogP) is 4.93. The fourth-order valence-corrected chi connectivity index (χ4v) is 2.98. The van der Waals surface area contributed by atoms with E-state index in [0.717, 1.165) is 38.5 Å². The van der Waals surface area contributed by atoms with E-state index in [1.54, 1.807) is 6.34 Å². The van der Waals surface area contributed by atoms with Crippen molar-refractivity contribution in [3.8, 4) is 10.8 Å². The van der Waals surface area contributed by atoms with E-state index in [1.165, 1.54) is 11.5 Å². The Kier molecular flexibility index (Phi) is 4.30. The summed E-state index contributed by atoms with van der Waals surface area (Å²) in [4.78, 5) is 6.41. The van der Waals surface area contributed by atoms with Crippen LogP contribution in [0.25, 0.3) is 10.9 Å². The van der Waals surface area contributed by atoms with E-state index in [1.807, 2.05) is 69.2 Å². The average molecular weight is 325 g/mol. The number of aliphatic imine (C=N–C) groups is 1. The molecule has 1 aromatic heterocycles. The standard InChI is InChI=1S/C18H19N3OS/c1-12-10-17(13(2)9-16(12)19-11-21(3)4)22-18-14-7-5-6-8-15(14)20-23-18/h5-11H,1-4H3. The van der Waals surface area contributed by atoms with E-state index >= 15 is 0 Å². The predicted molar refractivity (Wildman–Crippen MR) is 97.4 cm³/mol. The van der Waals surface area contributed by atoms with Crippen molar-refractivity contribution in [3.05, 3.63) is 47.5 Å². The fourth-order valence-electron chi connectivity index (χ4n) is 2.24. The van der Waals surface area contributed by atoms with Crippen LogP contribution in [0, 0.1) is 13.8 Å². The third-order valence-electron chi connectivity index (χ3n) is 3.47. The van der Waals surface area contributed by atoms with Crippen LogP contribution in [-0.4, -0.2) is 29.7 Å². The first-order valence-electron chi connectivity index (χ1n) is 7.39. The third-order valence-corrected chi connectivity index (χ3v) is 4.23. The fraction of sp³-hybridized carbons (Fsp3) is 0.222. The smallest absolute Gasteiger partial charge is 0.207 e. The van der Waals surface area contributed by atoms with Crippen LogP contribution in [0.15, 0.2) is 41.4 Å². The van der Waals surface area contributed by atoms with Gasteiger partial charge in [-0.25, -0.2) is 4.99 Å². The lowest BCUT2D eigenvalue weighted by Crippen LogP contribution is -2.07. The number of benzene rings is 2. The molecule has 0 spiro atoms. The maximum atomic E-state index is 6.12. The Labute approximate surface area is 140 Å². The topological polar surface area (TPSA) is 37.7 Å². The number of hydrogen-bond acceptors (Lipinski definition) is 4. The quantitative estimate of drug-likeness (QED) is 0.504. The van der Waals surface area contributed by atoms with Crippen LogP contribution in [0.1, 0.15) is 11.1 Å². The molecule has 3 rings (SSSR count). The Morgan fingerprint density at radius 2 is 1.91 bits per heavy atom. The summed E-state index contributed by atoms with van der Waals surface area (Å²) in [6.45, 7) is 4.08. The van der Waals surface area contributed by atoms with Crippen molar-refractivity contribution >= 4 is 34.5 Å². The van der Waals surface area contributed by atoms with Crippen molar-refractivity contribution in [1.82, 2.24) is 9.27 Å². The summed E-state index contributed by atoms with van der Waals surface area (Å²) >= 11 is 1.38. The monoisotopic (exact) mass is 325 g/mol. The van der Waals surface area contributed by atoms with Crippen LogP contribution in [-0.2, 0) is 0 Å². The summed E-state index contributed by atoms with van der Waals surface area (Å²) in [6.07, 6.45) is 1.80. The minimum Gasteiger partial charge on any atom is -0.444 e. The largest absolute Gasteiger partial charge is 0.444 e. The Balaban J connectivity index is 1.93. The normalized spacial score (nSPS) is 11.3. The van der Waals surface area contributed by atoms with Gasteiger partial charge in [-0.15, -0.1) is 0 Å². The second-order valence-corrected chi connectivity index (χ2v) is 6.44. The average Bonchev–Trinajstić information content (AvgIpc) is 2.92. The Morgan fingerprint density at radius 1 is 1.13 bits per heavy atom. The van der Waals surface area contributed by atoms with E-state index in [0.29, 0.717) is 0 Å². The van der Waals surface area contributed by atoms with Gasteiger partial charge in [-0.2, -0.15) is 4.37 Å². The van der Waals surface area contributed by atoms with E-state index in [2.05, 4.69) is 9.37 Å². The lowest BCUT2D eigenvalue weighted by molar-refractivity contribution is 0.497. The molecule has 0 amide bonds. The van der Waals surface area contributed by atoms with Gasteiger partial charge in [0.2, 0.25) is 5.06 Å². The molecule has 0 fully saturated rings. The molecule has 0 aliphatic carbocycles. The molecular weight excluding hydrogens is 306 g/mol. The Bertz CT molecular complexity index is 868. The molecular formula is C18H19N3OS. The number of aromatic nitrogens is 1. The lowest BCUT2D eigenvalue weighted by Gasteiger charge is -2.11. The first kappa shape index (κ1) is 15.5. The molecule has 0 radical (unpaired) electrons. The molecule has 5 heteroatoms. The highest BCUT2D eigenvalue weighted by Gasteiger charge is 2.11. The van der Waals surface area contributed by atoms with E-state index in [4.69, 9.17) is 4.74 Å². The number of ether oxygens (including phenoxy) is 1. The first-order chi connectivity index (χ1) is 11.0. The molecule has 23 heavy (non-hydrogen) atoms. The Hall–Kier alpha value is -2.40. The van der Waals surface area contributed by atoms with E-state index in [9.17, 15) is 0 Å². The maximum absolute atomic E-state index is 6.12. The zero-order valence-corrected chi connectivity index (χ0v) is 14.5. The van der Waals surface area contributed by atoms with Gasteiger partial charge in [0.1, 0.15) is 5.75 Å². The Morgan fingerprint density at radius 3 is 2.70 bits per heavy atom. The second-order valence-electron chi connectivity index (χ2n) is 5.70. The highest BCUT2D eigenvalue weighted by molar-refractivity contribution is 7.09. The van der Waals surface area contributed by atoms with Gasteiger partial charge in [0, 0.05) is 25.6 Å². The van der Waals surface area contributed by atoms with E-state index in [-0.39, 0.29) is 0 Å². The lowest BCUT2D eigenvalue weighted by atomic mass is 10.1. The SMILES string of the molecule is Cc1cc(Oc2snc3ccccc23)c(C)cc1N=CN(C)C. The van der Waals surface area contributed by atoms with Gasteiger partial charge in [0.25, 0.3) is 0 Å². The number of hydrogen-bond donors (Lipinski definition) is 0. The van der Waals surface area contributed by atoms with Crippen LogP contribution in [0.3, 0.4) is 0 Å². The van der Waals surface area contributed by atoms with Gasteiger partial charge < -0.3 is 9.64 Å². The first-order valence-corrected chi connectivity index (χ1v) is 8.16. The molecule has 0 atom stereocenters. The van der Waals surface area contributed by atoms with Crippen molar-refractivity contribution < 1.29 is 4.74 Å². The van der Waals surface area contributed by atoms with Gasteiger partial charge >= 0.3 is 0 Å². The van der Waals surface area contributed by atoms with Crippen LogP contribution in [0.5, 0.6) is 10.8 Å². The molecule has 3 aromatic rings. The molecule has 0 saturated heterocycles. The van der Waals surface area contributed by atoms with Gasteiger partial charge in [-0.3, -0.25) is 0 Å². The molecule has 2 aromatic carbocycles. The summed E-state index contributed by atoms with van der Waals surface area (Å²) in [6, 6.07) is 12.1. The van der Waals surface area contributed by atoms with Gasteiger partial charge in [0.15, 0.2) is 0 Å². The summed E-state index contributed by atoms with van der Waals surface area (Å²) < 4.78 is 10.5. The highest BCUT2D eigenvalue weighted by atomic mass is 32.1. The number of fused-ring (bicyclic) bond motifs is 1. The van der Waals surface area contributed by atoms with Crippen LogP contribution in [0.2, 0.25) is 0 Å². The summed E-state index contributed by atoms with van der Waals surface area (Å²) in [5.74, 6) is 0.848. The highest BCUT2D eigenvalue weighted by Crippen LogP contribution is 2.37. The molecule has 0 bridgehead atoms. The molecule has 0 N–H and O–H groups in total. The van der Waals surface area contributed by atoms with E-state index < -0.39 is 0 Å². The summed E-state index contributed by atoms with van der Waals surface area (Å²) in [5, 5.41) is 1.87. The molecule has 4 nitrogen and oxygen atoms in total. The maximum Gasteiger partial charge on any atom is 0.207 e. The number of nitrogens with zero attached hydrogens (tertiary/aromatic N) is 3.